The van der Waals surface area contributed by atoms with Crippen LogP contribution in [0.5, 0.6) is 0 Å². The molecule has 0 bridgehead atoms. The Bertz CT molecular complexity index is 705. The number of benzene rings is 1. The Morgan fingerprint density at radius 1 is 1.36 bits per heavy atom. The van der Waals surface area contributed by atoms with Gasteiger partial charge in [-0.15, -0.1) is 0 Å². The lowest BCUT2D eigenvalue weighted by molar-refractivity contribution is 0.238. The van der Waals surface area contributed by atoms with Gasteiger partial charge in [0.25, 0.3) is 0 Å². The fourth-order valence-electron chi connectivity index (χ4n) is 2.89. The third-order valence-corrected chi connectivity index (χ3v) is 4.10. The van der Waals surface area contributed by atoms with Gasteiger partial charge in [0.15, 0.2) is 0 Å². The Morgan fingerprint density at radius 2 is 2.23 bits per heavy atom. The van der Waals surface area contributed by atoms with Crippen LogP contribution in [0.4, 0.5) is 10.5 Å². The average Bonchev–Trinajstić information content (AvgIpc) is 3.13. The van der Waals surface area contributed by atoms with Crippen LogP contribution in [-0.2, 0) is 6.54 Å². The minimum Gasteiger partial charge on any atom is -0.396 e. The molecule has 22 heavy (non-hydrogen) atoms. The van der Waals surface area contributed by atoms with E-state index in [4.69, 9.17) is 5.11 Å². The lowest BCUT2D eigenvalue weighted by atomic mass is 10.1. The van der Waals surface area contributed by atoms with Gasteiger partial charge < -0.3 is 20.3 Å². The molecule has 2 aromatic rings. The Kier molecular flexibility index (Phi) is 4.15. The molecule has 1 aliphatic rings. The van der Waals surface area contributed by atoms with Crippen molar-refractivity contribution in [2.24, 2.45) is 5.92 Å². The van der Waals surface area contributed by atoms with E-state index in [-0.39, 0.29) is 24.6 Å². The highest BCUT2D eigenvalue weighted by molar-refractivity contribution is 5.93. The number of aliphatic hydroxyl groups is 1. The highest BCUT2D eigenvalue weighted by atomic mass is 16.3. The van der Waals surface area contributed by atoms with Crippen LogP contribution in [0.25, 0.3) is 10.9 Å². The maximum absolute atomic E-state index is 12.1. The van der Waals surface area contributed by atoms with E-state index in [2.05, 4.69) is 28.2 Å². The first-order valence-electron chi connectivity index (χ1n) is 7.65. The summed E-state index contributed by atoms with van der Waals surface area (Å²) in [5.74, 6) is 0.148. The van der Waals surface area contributed by atoms with Crippen LogP contribution in [-0.4, -0.2) is 28.4 Å². The molecule has 0 saturated heterocycles. The fourth-order valence-corrected chi connectivity index (χ4v) is 2.89. The molecule has 0 spiro atoms. The van der Waals surface area contributed by atoms with Crippen LogP contribution in [0.2, 0.25) is 0 Å². The van der Waals surface area contributed by atoms with Crippen molar-refractivity contribution in [2.45, 2.75) is 25.9 Å². The van der Waals surface area contributed by atoms with Crippen LogP contribution >= 0.6 is 0 Å². The first kappa shape index (κ1) is 14.7. The zero-order valence-electron chi connectivity index (χ0n) is 12.6. The van der Waals surface area contributed by atoms with E-state index in [9.17, 15) is 4.79 Å². The molecule has 1 aromatic heterocycles. The van der Waals surface area contributed by atoms with Gasteiger partial charge in [-0.25, -0.2) is 4.79 Å². The summed E-state index contributed by atoms with van der Waals surface area (Å²) in [4.78, 5) is 12.1. The molecule has 1 aromatic carbocycles. The number of nitrogens with one attached hydrogen (secondary N) is 2. The van der Waals surface area contributed by atoms with E-state index in [1.54, 1.807) is 0 Å². The van der Waals surface area contributed by atoms with E-state index >= 15 is 0 Å². The Labute approximate surface area is 129 Å². The molecule has 2 amide bonds. The van der Waals surface area contributed by atoms with Gasteiger partial charge in [-0.3, -0.25) is 0 Å². The summed E-state index contributed by atoms with van der Waals surface area (Å²) in [5.41, 5.74) is 1.89. The molecule has 116 valence electrons. The summed E-state index contributed by atoms with van der Waals surface area (Å²) in [5, 5.41) is 16.0. The molecule has 0 aliphatic heterocycles. The van der Waals surface area contributed by atoms with Gasteiger partial charge in [-0.05, 0) is 36.9 Å². The number of anilines is 1. The van der Waals surface area contributed by atoms with E-state index in [1.807, 2.05) is 36.5 Å². The summed E-state index contributed by atoms with van der Waals surface area (Å²) in [7, 11) is 0. The first-order valence-corrected chi connectivity index (χ1v) is 7.65. The molecule has 0 radical (unpaired) electrons. The van der Waals surface area contributed by atoms with Crippen molar-refractivity contribution in [3.63, 3.8) is 0 Å². The second-order valence-corrected chi connectivity index (χ2v) is 5.64. The summed E-state index contributed by atoms with van der Waals surface area (Å²) < 4.78 is 2.14. The molecule has 0 fully saturated rings. The number of fused-ring (bicyclic) bond motifs is 1. The van der Waals surface area contributed by atoms with Crippen molar-refractivity contribution in [1.82, 2.24) is 9.88 Å². The normalized spacial score (nSPS) is 20.5. The van der Waals surface area contributed by atoms with Crippen LogP contribution in [0.15, 0.2) is 42.6 Å². The molecule has 5 nitrogen and oxygen atoms in total. The monoisotopic (exact) mass is 299 g/mol. The molecular formula is C17H21N3O2. The first-order chi connectivity index (χ1) is 10.7. The van der Waals surface area contributed by atoms with E-state index in [0.29, 0.717) is 0 Å². The van der Waals surface area contributed by atoms with Crippen LogP contribution < -0.4 is 10.6 Å². The zero-order valence-corrected chi connectivity index (χ0v) is 12.6. The molecule has 5 heteroatoms. The van der Waals surface area contributed by atoms with E-state index < -0.39 is 0 Å². The van der Waals surface area contributed by atoms with Gasteiger partial charge in [0, 0.05) is 37.0 Å². The number of urea groups is 1. The third kappa shape index (κ3) is 2.99. The van der Waals surface area contributed by atoms with Crippen molar-refractivity contribution < 1.29 is 9.90 Å². The summed E-state index contributed by atoms with van der Waals surface area (Å²) in [6.07, 6.45) is 6.69. The van der Waals surface area contributed by atoms with Crippen molar-refractivity contribution in [3.05, 3.63) is 42.6 Å². The van der Waals surface area contributed by atoms with Crippen molar-refractivity contribution in [2.75, 3.05) is 11.9 Å². The molecule has 1 heterocycles. The fraction of sp³-hybridized carbons (Fsp3) is 0.353. The topological polar surface area (TPSA) is 66.3 Å². The second kappa shape index (κ2) is 6.23. The number of carbonyl (C=O) groups is 1. The van der Waals surface area contributed by atoms with Crippen molar-refractivity contribution in [3.8, 4) is 0 Å². The number of rotatable bonds is 4. The minimum atomic E-state index is -0.220. The molecular weight excluding hydrogens is 278 g/mol. The highest BCUT2D eigenvalue weighted by Gasteiger charge is 2.19. The average molecular weight is 299 g/mol. The lowest BCUT2D eigenvalue weighted by Gasteiger charge is -2.14. The lowest BCUT2D eigenvalue weighted by Crippen LogP contribution is -2.36. The number of amides is 2. The van der Waals surface area contributed by atoms with Gasteiger partial charge in [-0.2, -0.15) is 0 Å². The van der Waals surface area contributed by atoms with E-state index in [0.717, 1.165) is 29.6 Å². The number of aromatic nitrogens is 1. The molecule has 1 aliphatic carbocycles. The van der Waals surface area contributed by atoms with Crippen LogP contribution in [0.1, 0.15) is 13.3 Å². The SMILES string of the molecule is CCn1ccc2ccc(NC(=O)N[C@@H]3C=C[C@H](CO)C3)cc21. The third-order valence-electron chi connectivity index (χ3n) is 4.10. The maximum atomic E-state index is 12.1. The number of carbonyl (C=O) groups excluding carboxylic acids is 1. The summed E-state index contributed by atoms with van der Waals surface area (Å²) >= 11 is 0. The van der Waals surface area contributed by atoms with Gasteiger partial charge in [0.05, 0.1) is 5.52 Å². The predicted molar refractivity (Wildman–Crippen MR) is 87.9 cm³/mol. The second-order valence-electron chi connectivity index (χ2n) is 5.64. The smallest absolute Gasteiger partial charge is 0.319 e. The van der Waals surface area contributed by atoms with Gasteiger partial charge in [0.2, 0.25) is 0 Å². The van der Waals surface area contributed by atoms with Gasteiger partial charge >= 0.3 is 6.03 Å². The minimum absolute atomic E-state index is 0.0135. The maximum Gasteiger partial charge on any atom is 0.319 e. The standard InChI is InChI=1S/C17H21N3O2/c1-2-20-8-7-13-4-6-15(10-16(13)20)19-17(22)18-14-5-3-12(9-14)11-21/h3-8,10,12,14,21H,2,9,11H2,1H3,(H2,18,19,22)/t12-,14+/m0/s1. The van der Waals surface area contributed by atoms with Crippen molar-refractivity contribution in [1.29, 1.82) is 0 Å². The highest BCUT2D eigenvalue weighted by Crippen LogP contribution is 2.21. The summed E-state index contributed by atoms with van der Waals surface area (Å²) in [6.45, 7) is 3.12. The quantitative estimate of drug-likeness (QED) is 0.760. The van der Waals surface area contributed by atoms with Crippen LogP contribution in [0.3, 0.4) is 0 Å². The molecule has 2 atom stereocenters. The number of hydrogen-bond acceptors (Lipinski definition) is 2. The van der Waals surface area contributed by atoms with E-state index in [1.165, 1.54) is 0 Å². The molecule has 0 saturated carbocycles. The van der Waals surface area contributed by atoms with Gasteiger partial charge in [-0.1, -0.05) is 18.2 Å². The number of aliphatic hydroxyl groups excluding tert-OH is 1. The molecule has 0 unspecified atom stereocenters. The largest absolute Gasteiger partial charge is 0.396 e. The number of nitrogens with zero attached hydrogens (tertiary/aromatic N) is 1. The molecule has 3 N–H and O–H groups in total. The Morgan fingerprint density at radius 3 is 2.95 bits per heavy atom. The zero-order chi connectivity index (χ0) is 15.5. The molecule has 3 rings (SSSR count). The number of aryl methyl sites for hydroxylation is 1. The van der Waals surface area contributed by atoms with Crippen molar-refractivity contribution >= 4 is 22.6 Å². The number of hydrogen-bond donors (Lipinski definition) is 3. The van der Waals surface area contributed by atoms with Crippen LogP contribution in [0, 0.1) is 5.92 Å². The predicted octanol–water partition coefficient (Wildman–Crippen LogP) is 2.72. The Balaban J connectivity index is 1.65. The van der Waals surface area contributed by atoms with Gasteiger partial charge in [0.1, 0.15) is 0 Å². The summed E-state index contributed by atoms with van der Waals surface area (Å²) in [6, 6.07) is 7.74. The Hall–Kier alpha value is -2.27.